The summed E-state index contributed by atoms with van der Waals surface area (Å²) in [6.07, 6.45) is 3.51. The zero-order valence-corrected chi connectivity index (χ0v) is 14.0. The summed E-state index contributed by atoms with van der Waals surface area (Å²) in [5, 5.41) is 4.92. The van der Waals surface area contributed by atoms with Crippen LogP contribution in [0.2, 0.25) is 5.02 Å². The lowest BCUT2D eigenvalue weighted by Crippen LogP contribution is -2.40. The van der Waals surface area contributed by atoms with Gasteiger partial charge in [0.2, 0.25) is 0 Å². The lowest BCUT2D eigenvalue weighted by atomic mass is 10.1. The van der Waals surface area contributed by atoms with E-state index in [4.69, 9.17) is 23.8 Å². The Morgan fingerprint density at radius 2 is 1.86 bits per heavy atom. The summed E-state index contributed by atoms with van der Waals surface area (Å²) in [6.45, 7) is 1.69. The first-order chi connectivity index (χ1) is 10.7. The second-order valence-electron chi connectivity index (χ2n) is 5.52. The highest BCUT2D eigenvalue weighted by Crippen LogP contribution is 2.26. The van der Waals surface area contributed by atoms with E-state index >= 15 is 0 Å². The van der Waals surface area contributed by atoms with Crippen LogP contribution in [0.15, 0.2) is 48.5 Å². The Balaban J connectivity index is 1.70. The van der Waals surface area contributed by atoms with Gasteiger partial charge in [0.05, 0.1) is 0 Å². The maximum atomic E-state index is 5.92. The number of benzene rings is 2. The van der Waals surface area contributed by atoms with Gasteiger partial charge in [-0.15, -0.1) is 0 Å². The van der Waals surface area contributed by atoms with Crippen LogP contribution in [0.3, 0.4) is 0 Å². The monoisotopic (exact) mass is 330 g/mol. The van der Waals surface area contributed by atoms with Gasteiger partial charge in [-0.3, -0.25) is 0 Å². The summed E-state index contributed by atoms with van der Waals surface area (Å²) in [6, 6.07) is 16.4. The Bertz CT molecular complexity index is 654. The summed E-state index contributed by atoms with van der Waals surface area (Å²) in [7, 11) is 0. The molecule has 0 aliphatic carbocycles. The van der Waals surface area contributed by atoms with Crippen molar-refractivity contribution in [3.63, 3.8) is 0 Å². The minimum atomic E-state index is 0.717. The fourth-order valence-corrected chi connectivity index (χ4v) is 3.17. The Morgan fingerprint density at radius 3 is 2.68 bits per heavy atom. The van der Waals surface area contributed by atoms with Crippen LogP contribution < -0.4 is 10.2 Å². The number of rotatable bonds is 2. The van der Waals surface area contributed by atoms with Crippen molar-refractivity contribution in [2.75, 3.05) is 11.4 Å². The molecule has 0 fully saturated rings. The second kappa shape index (κ2) is 7.12. The van der Waals surface area contributed by atoms with Crippen LogP contribution in [0.1, 0.15) is 24.0 Å². The molecule has 3 rings (SSSR count). The van der Waals surface area contributed by atoms with Crippen molar-refractivity contribution in [3.05, 3.63) is 64.7 Å². The first kappa shape index (κ1) is 15.3. The molecule has 2 aromatic carbocycles. The molecule has 1 aliphatic rings. The molecule has 0 amide bonds. The van der Waals surface area contributed by atoms with Crippen molar-refractivity contribution in [1.82, 2.24) is 5.32 Å². The Kier molecular flexibility index (Phi) is 4.96. The number of hydrogen-bond donors (Lipinski definition) is 1. The fraction of sp³-hybridized carbons (Fsp3) is 0.278. The molecular weight excluding hydrogens is 312 g/mol. The third-order valence-corrected chi connectivity index (χ3v) is 4.58. The Morgan fingerprint density at radius 1 is 1.09 bits per heavy atom. The van der Waals surface area contributed by atoms with E-state index < -0.39 is 0 Å². The Hall–Kier alpha value is -1.58. The average Bonchev–Trinajstić information content (AvgIpc) is 2.76. The molecule has 0 unspecified atom stereocenters. The first-order valence-corrected chi connectivity index (χ1v) is 8.40. The summed E-state index contributed by atoms with van der Waals surface area (Å²) in [4.78, 5) is 2.23. The van der Waals surface area contributed by atoms with E-state index in [1.165, 1.54) is 23.2 Å². The van der Waals surface area contributed by atoms with Crippen LogP contribution in [0.25, 0.3) is 0 Å². The van der Waals surface area contributed by atoms with Crippen molar-refractivity contribution in [1.29, 1.82) is 0 Å². The third-order valence-electron chi connectivity index (χ3n) is 3.96. The lowest BCUT2D eigenvalue weighted by Gasteiger charge is -2.26. The zero-order valence-electron chi connectivity index (χ0n) is 12.4. The number of hydrogen-bond acceptors (Lipinski definition) is 1. The molecule has 0 atom stereocenters. The van der Waals surface area contributed by atoms with Crippen LogP contribution in [-0.2, 0) is 13.0 Å². The van der Waals surface area contributed by atoms with Gasteiger partial charge in [0.25, 0.3) is 0 Å². The normalized spacial score (nSPS) is 14.1. The van der Waals surface area contributed by atoms with Gasteiger partial charge in [-0.2, -0.15) is 0 Å². The van der Waals surface area contributed by atoms with Crippen LogP contribution in [0.5, 0.6) is 0 Å². The van der Waals surface area contributed by atoms with Crippen molar-refractivity contribution in [2.24, 2.45) is 0 Å². The van der Waals surface area contributed by atoms with E-state index in [0.717, 1.165) is 29.5 Å². The number of halogens is 1. The average molecular weight is 331 g/mol. The molecule has 114 valence electrons. The van der Waals surface area contributed by atoms with E-state index in [0.29, 0.717) is 6.54 Å². The first-order valence-electron chi connectivity index (χ1n) is 7.62. The standard InChI is InChI=1S/C18H19ClN2S/c19-16-10-8-14(9-11-16)13-20-18(22)21-12-4-3-6-15-5-1-2-7-17(15)21/h1-2,5,7-11H,3-4,6,12-13H2,(H,20,22). The van der Waals surface area contributed by atoms with Crippen molar-refractivity contribution < 1.29 is 0 Å². The maximum Gasteiger partial charge on any atom is 0.173 e. The van der Waals surface area contributed by atoms with Gasteiger partial charge in [-0.05, 0) is 60.8 Å². The molecule has 1 N–H and O–H groups in total. The molecule has 0 saturated carbocycles. The minimum Gasteiger partial charge on any atom is -0.358 e. The molecule has 0 spiro atoms. The molecule has 22 heavy (non-hydrogen) atoms. The van der Waals surface area contributed by atoms with Gasteiger partial charge in [-0.1, -0.05) is 41.9 Å². The summed E-state index contributed by atoms with van der Waals surface area (Å²) in [5.74, 6) is 0. The highest BCUT2D eigenvalue weighted by molar-refractivity contribution is 7.80. The SMILES string of the molecule is S=C(NCc1ccc(Cl)cc1)N1CCCCc2ccccc21. The van der Waals surface area contributed by atoms with Crippen molar-refractivity contribution in [2.45, 2.75) is 25.8 Å². The van der Waals surface area contributed by atoms with Gasteiger partial charge < -0.3 is 10.2 Å². The van der Waals surface area contributed by atoms with Gasteiger partial charge in [0.1, 0.15) is 0 Å². The number of para-hydroxylation sites is 1. The van der Waals surface area contributed by atoms with Gasteiger partial charge in [-0.25, -0.2) is 0 Å². The molecule has 4 heteroatoms. The topological polar surface area (TPSA) is 15.3 Å². The Labute approximate surface area is 142 Å². The minimum absolute atomic E-state index is 0.717. The van der Waals surface area contributed by atoms with Crippen LogP contribution >= 0.6 is 23.8 Å². The van der Waals surface area contributed by atoms with Crippen LogP contribution in [0.4, 0.5) is 5.69 Å². The third kappa shape index (κ3) is 3.60. The second-order valence-corrected chi connectivity index (χ2v) is 6.35. The number of nitrogens with zero attached hydrogens (tertiary/aromatic N) is 1. The molecule has 0 bridgehead atoms. The van der Waals surface area contributed by atoms with E-state index in [1.807, 2.05) is 24.3 Å². The predicted octanol–water partition coefficient (Wildman–Crippen LogP) is 4.56. The van der Waals surface area contributed by atoms with Crippen molar-refractivity contribution >= 4 is 34.6 Å². The van der Waals surface area contributed by atoms with E-state index in [2.05, 4.69) is 34.5 Å². The van der Waals surface area contributed by atoms with E-state index in [-0.39, 0.29) is 0 Å². The molecule has 0 saturated heterocycles. The number of nitrogens with one attached hydrogen (secondary N) is 1. The molecule has 0 radical (unpaired) electrons. The van der Waals surface area contributed by atoms with Gasteiger partial charge in [0.15, 0.2) is 5.11 Å². The van der Waals surface area contributed by atoms with Crippen LogP contribution in [-0.4, -0.2) is 11.7 Å². The fourth-order valence-electron chi connectivity index (χ4n) is 2.78. The number of aryl methyl sites for hydroxylation is 1. The van der Waals surface area contributed by atoms with Gasteiger partial charge >= 0.3 is 0 Å². The molecule has 1 aliphatic heterocycles. The maximum absolute atomic E-state index is 5.92. The summed E-state index contributed by atoms with van der Waals surface area (Å²) < 4.78 is 0. The molecule has 1 heterocycles. The molecule has 0 aromatic heterocycles. The van der Waals surface area contributed by atoms with Crippen molar-refractivity contribution in [3.8, 4) is 0 Å². The molecular formula is C18H19ClN2S. The molecule has 2 nitrogen and oxygen atoms in total. The van der Waals surface area contributed by atoms with Gasteiger partial charge in [0, 0.05) is 23.8 Å². The van der Waals surface area contributed by atoms with E-state index in [1.54, 1.807) is 0 Å². The number of thiocarbonyl (C=S) groups is 1. The molecule has 2 aromatic rings. The number of anilines is 1. The summed E-state index contributed by atoms with van der Waals surface area (Å²) >= 11 is 11.5. The highest BCUT2D eigenvalue weighted by Gasteiger charge is 2.17. The highest BCUT2D eigenvalue weighted by atomic mass is 35.5. The van der Waals surface area contributed by atoms with Crippen LogP contribution in [0, 0.1) is 0 Å². The zero-order chi connectivity index (χ0) is 15.4. The number of fused-ring (bicyclic) bond motifs is 1. The smallest absolute Gasteiger partial charge is 0.173 e. The lowest BCUT2D eigenvalue weighted by molar-refractivity contribution is 0.759. The summed E-state index contributed by atoms with van der Waals surface area (Å²) in [5.41, 5.74) is 3.80. The largest absolute Gasteiger partial charge is 0.358 e. The van der Waals surface area contributed by atoms with E-state index in [9.17, 15) is 0 Å². The quantitative estimate of drug-likeness (QED) is 0.813. The predicted molar refractivity (Wildman–Crippen MR) is 97.6 cm³/mol.